The Morgan fingerprint density at radius 3 is 2.50 bits per heavy atom. The number of ketones is 1. The highest BCUT2D eigenvalue weighted by Gasteiger charge is 2.15. The fraction of sp³-hybridized carbons (Fsp3) is 0.500. The van der Waals surface area contributed by atoms with E-state index in [1.807, 2.05) is 0 Å². The number of rotatable bonds is 0. The highest BCUT2D eigenvalue weighted by Crippen LogP contribution is 2.18. The lowest BCUT2D eigenvalue weighted by atomic mass is 10.2. The average molecular weight is 111 g/mol. The van der Waals surface area contributed by atoms with Crippen molar-refractivity contribution in [1.29, 1.82) is 0 Å². The Morgan fingerprint density at radius 1 is 1.50 bits per heavy atom. The lowest BCUT2D eigenvalue weighted by Crippen LogP contribution is -1.94. The second-order valence-corrected chi connectivity index (χ2v) is 1.97. The molecule has 2 nitrogen and oxygen atoms in total. The van der Waals surface area contributed by atoms with Gasteiger partial charge in [0.1, 0.15) is 0 Å². The standard InChI is InChI=1S/C6H9NO/c7-4-5-2-1-3-6(5)8/h4H,1-3,7H2. The Bertz CT molecular complexity index is 137. The summed E-state index contributed by atoms with van der Waals surface area (Å²) in [6.45, 7) is 0. The summed E-state index contributed by atoms with van der Waals surface area (Å²) in [4.78, 5) is 10.7. The summed E-state index contributed by atoms with van der Waals surface area (Å²) >= 11 is 0. The van der Waals surface area contributed by atoms with E-state index in [9.17, 15) is 4.79 Å². The summed E-state index contributed by atoms with van der Waals surface area (Å²) in [5, 5.41) is 0. The summed E-state index contributed by atoms with van der Waals surface area (Å²) in [6, 6.07) is 0. The highest BCUT2D eigenvalue weighted by molar-refractivity contribution is 5.97. The molecule has 0 aromatic rings. The van der Waals surface area contributed by atoms with E-state index < -0.39 is 0 Å². The molecule has 0 spiro atoms. The Morgan fingerprint density at radius 2 is 2.25 bits per heavy atom. The maximum absolute atomic E-state index is 10.7. The van der Waals surface area contributed by atoms with E-state index in [1.54, 1.807) is 0 Å². The van der Waals surface area contributed by atoms with Crippen molar-refractivity contribution in [3.63, 3.8) is 0 Å². The normalized spacial score (nSPS) is 25.0. The molecular formula is C6H9NO. The first-order valence-electron chi connectivity index (χ1n) is 2.78. The van der Waals surface area contributed by atoms with Gasteiger partial charge in [0.15, 0.2) is 5.78 Å². The van der Waals surface area contributed by atoms with Crippen molar-refractivity contribution in [3.05, 3.63) is 11.8 Å². The third kappa shape index (κ3) is 0.735. The van der Waals surface area contributed by atoms with Gasteiger partial charge in [0.25, 0.3) is 0 Å². The molecule has 0 heterocycles. The van der Waals surface area contributed by atoms with Crippen molar-refractivity contribution >= 4 is 5.78 Å². The van der Waals surface area contributed by atoms with Crippen LogP contribution in [0.15, 0.2) is 11.8 Å². The van der Waals surface area contributed by atoms with Crippen molar-refractivity contribution in [3.8, 4) is 0 Å². The van der Waals surface area contributed by atoms with Crippen LogP contribution in [0.4, 0.5) is 0 Å². The molecule has 0 radical (unpaired) electrons. The molecule has 1 aliphatic rings. The van der Waals surface area contributed by atoms with Gasteiger partial charge in [0.05, 0.1) is 0 Å². The van der Waals surface area contributed by atoms with Gasteiger partial charge in [0, 0.05) is 18.2 Å². The van der Waals surface area contributed by atoms with Gasteiger partial charge in [-0.1, -0.05) is 0 Å². The third-order valence-electron chi connectivity index (χ3n) is 1.41. The van der Waals surface area contributed by atoms with Crippen LogP contribution in [0.25, 0.3) is 0 Å². The van der Waals surface area contributed by atoms with Crippen LogP contribution >= 0.6 is 0 Å². The average Bonchev–Trinajstić information content (AvgIpc) is 2.14. The SMILES string of the molecule is NC=C1CCCC1=O. The van der Waals surface area contributed by atoms with Crippen molar-refractivity contribution in [2.24, 2.45) is 5.73 Å². The monoisotopic (exact) mass is 111 g/mol. The predicted molar refractivity (Wildman–Crippen MR) is 31.1 cm³/mol. The second-order valence-electron chi connectivity index (χ2n) is 1.97. The molecular weight excluding hydrogens is 102 g/mol. The quantitative estimate of drug-likeness (QED) is 0.465. The number of Topliss-reactive ketones (excluding diaryl/α,β-unsaturated/α-hetero) is 1. The molecule has 44 valence electrons. The van der Waals surface area contributed by atoms with Gasteiger partial charge >= 0.3 is 0 Å². The predicted octanol–water partition coefficient (Wildman–Crippen LogP) is 0.582. The molecule has 0 saturated heterocycles. The molecule has 0 atom stereocenters. The van der Waals surface area contributed by atoms with Gasteiger partial charge in [0.2, 0.25) is 0 Å². The maximum atomic E-state index is 10.7. The van der Waals surface area contributed by atoms with Gasteiger partial charge < -0.3 is 5.73 Å². The number of carbonyl (C=O) groups is 1. The highest BCUT2D eigenvalue weighted by atomic mass is 16.1. The number of allylic oxidation sites excluding steroid dienone is 1. The van der Waals surface area contributed by atoms with Crippen LogP contribution in [0.1, 0.15) is 19.3 Å². The first-order valence-corrected chi connectivity index (χ1v) is 2.78. The third-order valence-corrected chi connectivity index (χ3v) is 1.41. The number of hydrogen-bond donors (Lipinski definition) is 1. The molecule has 0 unspecified atom stereocenters. The molecule has 1 fully saturated rings. The summed E-state index contributed by atoms with van der Waals surface area (Å²) in [5.41, 5.74) is 5.95. The summed E-state index contributed by atoms with van der Waals surface area (Å²) in [7, 11) is 0. The minimum absolute atomic E-state index is 0.229. The molecule has 0 bridgehead atoms. The van der Waals surface area contributed by atoms with E-state index in [4.69, 9.17) is 5.73 Å². The van der Waals surface area contributed by atoms with Crippen LogP contribution in [0.5, 0.6) is 0 Å². The number of nitrogens with two attached hydrogens (primary N) is 1. The van der Waals surface area contributed by atoms with Crippen LogP contribution in [0.2, 0.25) is 0 Å². The topological polar surface area (TPSA) is 43.1 Å². The smallest absolute Gasteiger partial charge is 0.160 e. The van der Waals surface area contributed by atoms with Crippen LogP contribution in [-0.4, -0.2) is 5.78 Å². The summed E-state index contributed by atoms with van der Waals surface area (Å²) in [6.07, 6.45) is 4.00. The summed E-state index contributed by atoms with van der Waals surface area (Å²) < 4.78 is 0. The van der Waals surface area contributed by atoms with Gasteiger partial charge in [-0.2, -0.15) is 0 Å². The Labute approximate surface area is 48.4 Å². The summed E-state index contributed by atoms with van der Waals surface area (Å²) in [5.74, 6) is 0.229. The molecule has 8 heavy (non-hydrogen) atoms. The first-order chi connectivity index (χ1) is 3.84. The Hall–Kier alpha value is -0.790. The van der Waals surface area contributed by atoms with Gasteiger partial charge in [-0.3, -0.25) is 4.79 Å². The van der Waals surface area contributed by atoms with Crippen molar-refractivity contribution in [2.75, 3.05) is 0 Å². The fourth-order valence-electron chi connectivity index (χ4n) is 0.916. The lowest BCUT2D eigenvalue weighted by Gasteiger charge is -1.85. The molecule has 1 saturated carbocycles. The zero-order valence-electron chi connectivity index (χ0n) is 4.68. The molecule has 2 heteroatoms. The number of hydrogen-bond acceptors (Lipinski definition) is 2. The van der Waals surface area contributed by atoms with E-state index in [0.29, 0.717) is 6.42 Å². The Balaban J connectivity index is 2.69. The van der Waals surface area contributed by atoms with E-state index in [-0.39, 0.29) is 5.78 Å². The molecule has 2 N–H and O–H groups in total. The van der Waals surface area contributed by atoms with Crippen LogP contribution in [-0.2, 0) is 4.79 Å². The van der Waals surface area contributed by atoms with Gasteiger partial charge in [-0.15, -0.1) is 0 Å². The molecule has 0 aromatic heterocycles. The molecule has 1 rings (SSSR count). The van der Waals surface area contributed by atoms with Crippen LogP contribution in [0, 0.1) is 0 Å². The van der Waals surface area contributed by atoms with E-state index >= 15 is 0 Å². The minimum atomic E-state index is 0.229. The van der Waals surface area contributed by atoms with Crippen molar-refractivity contribution in [2.45, 2.75) is 19.3 Å². The van der Waals surface area contributed by atoms with Crippen LogP contribution in [0.3, 0.4) is 0 Å². The molecule has 0 aliphatic heterocycles. The number of carbonyl (C=O) groups excluding carboxylic acids is 1. The van der Waals surface area contributed by atoms with Crippen molar-refractivity contribution in [1.82, 2.24) is 0 Å². The maximum Gasteiger partial charge on any atom is 0.160 e. The molecule has 1 aliphatic carbocycles. The molecule has 0 amide bonds. The zero-order valence-corrected chi connectivity index (χ0v) is 4.68. The van der Waals surface area contributed by atoms with Crippen LogP contribution < -0.4 is 5.73 Å². The van der Waals surface area contributed by atoms with E-state index in [2.05, 4.69) is 0 Å². The van der Waals surface area contributed by atoms with E-state index in [1.165, 1.54) is 6.20 Å². The van der Waals surface area contributed by atoms with E-state index in [0.717, 1.165) is 18.4 Å². The van der Waals surface area contributed by atoms with Gasteiger partial charge in [-0.25, -0.2) is 0 Å². The molecule has 0 aromatic carbocycles. The van der Waals surface area contributed by atoms with Gasteiger partial charge in [-0.05, 0) is 12.8 Å². The first kappa shape index (κ1) is 5.35. The minimum Gasteiger partial charge on any atom is -0.404 e. The zero-order chi connectivity index (χ0) is 5.98. The Kier molecular flexibility index (Phi) is 1.33. The fourth-order valence-corrected chi connectivity index (χ4v) is 0.916. The lowest BCUT2D eigenvalue weighted by molar-refractivity contribution is -0.114. The van der Waals surface area contributed by atoms with Crippen molar-refractivity contribution < 1.29 is 4.79 Å². The largest absolute Gasteiger partial charge is 0.404 e. The second kappa shape index (κ2) is 1.99.